The number of rotatable bonds is 38. The Kier molecular flexibility index (Phi) is 39.5. The van der Waals surface area contributed by atoms with Gasteiger partial charge >= 0.3 is 19.8 Å². The third kappa shape index (κ3) is 41.1. The van der Waals surface area contributed by atoms with E-state index in [0.717, 1.165) is 44.9 Å². The molecule has 2 unspecified atom stereocenters. The van der Waals surface area contributed by atoms with Gasteiger partial charge in [-0.3, -0.25) is 18.6 Å². The molecule has 0 amide bonds. The minimum absolute atomic E-state index is 0.0218. The van der Waals surface area contributed by atoms with Gasteiger partial charge in [-0.15, -0.1) is 0 Å². The van der Waals surface area contributed by atoms with Crippen LogP contribution in [0.15, 0.2) is 122 Å². The molecule has 0 aliphatic heterocycles. The van der Waals surface area contributed by atoms with Crippen LogP contribution in [0.3, 0.4) is 0 Å². The minimum atomic E-state index is -4.68. The molecule has 4 N–H and O–H groups in total. The molecule has 0 aromatic carbocycles. The first-order valence-electron chi connectivity index (χ1n) is 21.6. The van der Waals surface area contributed by atoms with Crippen molar-refractivity contribution in [2.75, 3.05) is 26.4 Å². The summed E-state index contributed by atoms with van der Waals surface area (Å²) in [6.07, 6.45) is 50.6. The average molecular weight is 859 g/mol. The monoisotopic (exact) mass is 859 g/mol. The first-order chi connectivity index (χ1) is 29.1. The average Bonchev–Trinajstić information content (AvgIpc) is 3.23. The third-order valence-electron chi connectivity index (χ3n) is 8.19. The van der Waals surface area contributed by atoms with E-state index in [2.05, 4.69) is 85.2 Å². The number of carbonyl (C=O) groups excluding carboxylic acids is 2. The zero-order valence-corrected chi connectivity index (χ0v) is 37.1. The van der Waals surface area contributed by atoms with Crippen molar-refractivity contribution in [3.05, 3.63) is 122 Å². The first-order valence-corrected chi connectivity index (χ1v) is 23.1. The lowest BCUT2D eigenvalue weighted by molar-refractivity contribution is -0.161. The van der Waals surface area contributed by atoms with Crippen LogP contribution in [0.5, 0.6) is 0 Å². The zero-order chi connectivity index (χ0) is 44.2. The Morgan fingerprint density at radius 3 is 1.70 bits per heavy atom. The van der Waals surface area contributed by atoms with E-state index in [0.29, 0.717) is 32.1 Å². The molecule has 0 saturated carbocycles. The summed E-state index contributed by atoms with van der Waals surface area (Å²) in [5.74, 6) is -1.17. The highest BCUT2D eigenvalue weighted by atomic mass is 31.2. The number of aliphatic hydroxyl groups is 3. The Labute approximate surface area is 360 Å². The lowest BCUT2D eigenvalue weighted by Crippen LogP contribution is -2.29. The highest BCUT2D eigenvalue weighted by Crippen LogP contribution is 2.43. The lowest BCUT2D eigenvalue weighted by Gasteiger charge is -2.20. The van der Waals surface area contributed by atoms with E-state index in [4.69, 9.17) is 19.1 Å². The molecule has 0 bridgehead atoms. The Morgan fingerprint density at radius 2 is 1.12 bits per heavy atom. The Morgan fingerprint density at radius 1 is 0.583 bits per heavy atom. The van der Waals surface area contributed by atoms with Crippen molar-refractivity contribution in [1.29, 1.82) is 0 Å². The number of phosphoric ester groups is 1. The van der Waals surface area contributed by atoms with Crippen molar-refractivity contribution in [1.82, 2.24) is 0 Å². The van der Waals surface area contributed by atoms with Crippen molar-refractivity contribution in [2.24, 2.45) is 0 Å². The zero-order valence-electron chi connectivity index (χ0n) is 36.2. The molecule has 0 fully saturated rings. The molecule has 0 saturated heterocycles. The number of unbranched alkanes of at least 4 members (excludes halogenated alkanes) is 4. The Hall–Kier alpha value is -3.67. The minimum Gasteiger partial charge on any atom is -0.462 e. The molecule has 0 heterocycles. The van der Waals surface area contributed by atoms with E-state index in [9.17, 15) is 29.3 Å². The van der Waals surface area contributed by atoms with E-state index in [1.165, 1.54) is 19.3 Å². The summed E-state index contributed by atoms with van der Waals surface area (Å²) >= 11 is 0. The van der Waals surface area contributed by atoms with Crippen molar-refractivity contribution in [2.45, 2.75) is 141 Å². The number of phosphoric acid groups is 1. The maximum Gasteiger partial charge on any atom is 0.472 e. The van der Waals surface area contributed by atoms with Crippen LogP contribution in [0.4, 0.5) is 0 Å². The smallest absolute Gasteiger partial charge is 0.462 e. The van der Waals surface area contributed by atoms with Gasteiger partial charge in [-0.2, -0.15) is 0 Å². The van der Waals surface area contributed by atoms with Gasteiger partial charge in [-0.05, 0) is 83.5 Å². The number of hydrogen-bond donors (Lipinski definition) is 4. The van der Waals surface area contributed by atoms with Crippen LogP contribution in [-0.4, -0.2) is 76.9 Å². The van der Waals surface area contributed by atoms with Gasteiger partial charge in [0.25, 0.3) is 0 Å². The van der Waals surface area contributed by atoms with E-state index >= 15 is 0 Å². The van der Waals surface area contributed by atoms with Gasteiger partial charge in [0.2, 0.25) is 0 Å². The topological polar surface area (TPSA) is 169 Å². The van der Waals surface area contributed by atoms with Gasteiger partial charge in [0.15, 0.2) is 6.10 Å². The van der Waals surface area contributed by atoms with Crippen LogP contribution >= 0.6 is 7.82 Å². The van der Waals surface area contributed by atoms with Crippen LogP contribution in [0.1, 0.15) is 123 Å². The number of carbonyl (C=O) groups is 2. The second-order valence-corrected chi connectivity index (χ2v) is 15.3. The highest BCUT2D eigenvalue weighted by Gasteiger charge is 2.27. The van der Waals surface area contributed by atoms with E-state index in [-0.39, 0.29) is 12.8 Å². The summed E-state index contributed by atoms with van der Waals surface area (Å²) in [6, 6.07) is 0. The predicted octanol–water partition coefficient (Wildman–Crippen LogP) is 10.5. The molecule has 0 aliphatic rings. The normalized spacial score (nSPS) is 15.5. The summed E-state index contributed by atoms with van der Waals surface area (Å²) in [5, 5.41) is 28.4. The van der Waals surface area contributed by atoms with Crippen molar-refractivity contribution in [3.63, 3.8) is 0 Å². The Balaban J connectivity index is 4.63. The standard InChI is InChI=1S/C48H75O11P/c1-3-5-7-9-11-13-14-15-16-17-18-19-20-21-22-24-26-30-35-39-48(53)59-46(43-58-60(54,55)57-41-45(51)40-49)42-56-47(52)38-34-31-27-29-33-37-44(50)36-32-28-25-23-12-10-8-6-4-2/h5,7,11-13,15-16,18-19,21-23,26-30,32-33,37,44-46,49-51H,3-4,6,8-10,14,17,20,24-25,31,34-36,38-43H2,1-2H3,(H,54,55)/b7-5-,13-11-,16-15-,19-18-,22-21-,23-12-,29-27+,30-26-,32-28-,37-33-/t44?,45-,46+/m0/s1. The largest absolute Gasteiger partial charge is 0.472 e. The quantitative estimate of drug-likeness (QED) is 0.0153. The van der Waals surface area contributed by atoms with Crippen LogP contribution in [0, 0.1) is 0 Å². The fourth-order valence-electron chi connectivity index (χ4n) is 4.85. The first kappa shape index (κ1) is 56.3. The van der Waals surface area contributed by atoms with Gasteiger partial charge in [0.1, 0.15) is 12.7 Å². The number of allylic oxidation sites excluding steroid dienone is 18. The summed E-state index contributed by atoms with van der Waals surface area (Å²) in [5.41, 5.74) is 0. The summed E-state index contributed by atoms with van der Waals surface area (Å²) < 4.78 is 32.5. The van der Waals surface area contributed by atoms with Gasteiger partial charge in [-0.25, -0.2) is 4.57 Å². The summed E-state index contributed by atoms with van der Waals surface area (Å²) in [7, 11) is -4.68. The van der Waals surface area contributed by atoms with E-state index in [1.807, 2.05) is 36.5 Å². The SMILES string of the molecule is CC/C=C\C/C=C\C/C=C\C/C=C\C/C=C\C/C=C\CCC(=O)O[C@H](COC(=O)CCC/C=C/C=C\C(O)C/C=C\C/C=C\CCCCC)COP(=O)(O)OC[C@@H](O)CO. The lowest BCUT2D eigenvalue weighted by atomic mass is 10.2. The van der Waals surface area contributed by atoms with Crippen molar-refractivity contribution < 1.29 is 52.9 Å². The summed E-state index contributed by atoms with van der Waals surface area (Å²) in [4.78, 5) is 34.9. The van der Waals surface area contributed by atoms with E-state index < -0.39 is 64.5 Å². The van der Waals surface area contributed by atoms with Crippen molar-refractivity contribution >= 4 is 19.8 Å². The molecule has 4 atom stereocenters. The van der Waals surface area contributed by atoms with Crippen molar-refractivity contribution in [3.8, 4) is 0 Å². The van der Waals surface area contributed by atoms with Gasteiger partial charge in [-0.1, -0.05) is 148 Å². The Bertz CT molecular complexity index is 1420. The molecule has 0 aromatic heterocycles. The molecule has 0 radical (unpaired) electrons. The molecular formula is C48H75O11P. The highest BCUT2D eigenvalue weighted by molar-refractivity contribution is 7.47. The molecular weight excluding hydrogens is 783 g/mol. The van der Waals surface area contributed by atoms with Crippen LogP contribution < -0.4 is 0 Å². The van der Waals surface area contributed by atoms with E-state index in [1.54, 1.807) is 18.2 Å². The summed E-state index contributed by atoms with van der Waals surface area (Å²) in [6.45, 7) is 1.95. The fourth-order valence-corrected chi connectivity index (χ4v) is 5.64. The molecule has 0 rings (SSSR count). The third-order valence-corrected chi connectivity index (χ3v) is 9.14. The number of ether oxygens (including phenoxy) is 2. The molecule has 0 spiro atoms. The fraction of sp³-hybridized carbons (Fsp3) is 0.542. The van der Waals surface area contributed by atoms with Crippen LogP contribution in [0.25, 0.3) is 0 Å². The molecule has 338 valence electrons. The molecule has 11 nitrogen and oxygen atoms in total. The van der Waals surface area contributed by atoms with Crippen LogP contribution in [0.2, 0.25) is 0 Å². The second kappa shape index (κ2) is 42.0. The predicted molar refractivity (Wildman–Crippen MR) is 243 cm³/mol. The second-order valence-electron chi connectivity index (χ2n) is 13.8. The van der Waals surface area contributed by atoms with Gasteiger partial charge in [0, 0.05) is 12.8 Å². The maximum atomic E-state index is 12.6. The molecule has 60 heavy (non-hydrogen) atoms. The number of aliphatic hydroxyl groups excluding tert-OH is 3. The molecule has 0 aliphatic carbocycles. The van der Waals surface area contributed by atoms with Gasteiger partial charge in [0.05, 0.1) is 25.9 Å². The molecule has 0 aromatic rings. The van der Waals surface area contributed by atoms with Crippen LogP contribution in [-0.2, 0) is 32.7 Å². The number of hydrogen-bond acceptors (Lipinski definition) is 10. The van der Waals surface area contributed by atoms with Gasteiger partial charge < -0.3 is 29.7 Å². The molecule has 12 heteroatoms. The maximum absolute atomic E-state index is 12.6. The number of esters is 2.